The minimum Gasteiger partial charge on any atom is -0.348 e. The average molecular weight is 433 g/mol. The van der Waals surface area contributed by atoms with Gasteiger partial charge in [0.2, 0.25) is 5.91 Å². The Morgan fingerprint density at radius 1 is 1.00 bits per heavy atom. The van der Waals surface area contributed by atoms with Crippen molar-refractivity contribution in [2.24, 2.45) is 0 Å². The van der Waals surface area contributed by atoms with Crippen LogP contribution in [0.2, 0.25) is 0 Å². The second-order valence-corrected chi connectivity index (χ2v) is 8.21. The fraction of sp³-hybridized carbons (Fsp3) is 0.292. The minimum atomic E-state index is -1.43. The second-order valence-electron chi connectivity index (χ2n) is 8.21. The van der Waals surface area contributed by atoms with Crippen LogP contribution in [0.15, 0.2) is 42.5 Å². The molecule has 0 radical (unpaired) electrons. The van der Waals surface area contributed by atoms with Crippen molar-refractivity contribution in [1.29, 1.82) is 0 Å². The van der Waals surface area contributed by atoms with Gasteiger partial charge in [-0.3, -0.25) is 34.2 Å². The largest absolute Gasteiger partial charge is 0.348 e. The molecule has 0 spiro atoms. The molecule has 1 fully saturated rings. The van der Waals surface area contributed by atoms with Crippen molar-refractivity contribution >= 4 is 29.5 Å². The summed E-state index contributed by atoms with van der Waals surface area (Å²) >= 11 is 0. The van der Waals surface area contributed by atoms with Crippen LogP contribution in [0.1, 0.15) is 68.9 Å². The Balaban J connectivity index is 1.51. The average Bonchev–Trinajstić information content (AvgIpc) is 3.05. The van der Waals surface area contributed by atoms with Crippen molar-refractivity contribution in [2.75, 3.05) is 0 Å². The normalized spacial score (nSPS) is 20.2. The molecule has 8 heteroatoms. The molecule has 0 aliphatic carbocycles. The molecule has 1 saturated heterocycles. The number of nitrogens with zero attached hydrogens (tertiary/aromatic N) is 1. The number of rotatable bonds is 5. The number of carbonyl (C=O) groups excluding carboxylic acids is 5. The number of amides is 5. The number of nitrogens with one attached hydrogen (secondary N) is 2. The topological polar surface area (TPSA) is 113 Å². The summed E-state index contributed by atoms with van der Waals surface area (Å²) in [7, 11) is 0. The van der Waals surface area contributed by atoms with E-state index in [2.05, 4.69) is 10.6 Å². The molecule has 0 saturated carbocycles. The Morgan fingerprint density at radius 2 is 1.66 bits per heavy atom. The number of carbonyl (C=O) groups is 5. The summed E-state index contributed by atoms with van der Waals surface area (Å²) in [5.74, 6) is -2.48. The third-order valence-electron chi connectivity index (χ3n) is 6.10. The first kappa shape index (κ1) is 21.4. The number of imide groups is 2. The highest BCUT2D eigenvalue weighted by atomic mass is 16.2. The Kier molecular flexibility index (Phi) is 5.38. The lowest BCUT2D eigenvalue weighted by molar-refractivity contribution is -0.140. The number of hydrogen-bond acceptors (Lipinski definition) is 5. The van der Waals surface area contributed by atoms with E-state index in [9.17, 15) is 24.0 Å². The summed E-state index contributed by atoms with van der Waals surface area (Å²) in [4.78, 5) is 63.3. The van der Waals surface area contributed by atoms with Crippen molar-refractivity contribution in [2.45, 2.75) is 45.2 Å². The highest BCUT2D eigenvalue weighted by Gasteiger charge is 2.52. The highest BCUT2D eigenvalue weighted by molar-refractivity contribution is 6.24. The van der Waals surface area contributed by atoms with Gasteiger partial charge in [-0.25, -0.2) is 0 Å². The summed E-state index contributed by atoms with van der Waals surface area (Å²) in [6, 6.07) is 12.1. The SMILES string of the molecule is CCc1ccc(C(=O)NCc2ccc3c(c2)C(=O)N([C@@]2(C)CCC(=O)NC2=O)C3=O)cc1. The van der Waals surface area contributed by atoms with Gasteiger partial charge in [-0.15, -0.1) is 0 Å². The molecular weight excluding hydrogens is 410 g/mol. The molecule has 2 aromatic carbocycles. The number of aryl methyl sites for hydroxylation is 1. The zero-order chi connectivity index (χ0) is 23.0. The molecule has 0 unspecified atom stereocenters. The van der Waals surface area contributed by atoms with Crippen LogP contribution in [0.3, 0.4) is 0 Å². The molecule has 0 bridgehead atoms. The Hall–Kier alpha value is -3.81. The molecule has 1 atom stereocenters. The van der Waals surface area contributed by atoms with E-state index in [1.165, 1.54) is 13.0 Å². The minimum absolute atomic E-state index is 0.0478. The molecular formula is C24H23N3O5. The van der Waals surface area contributed by atoms with Crippen LogP contribution >= 0.6 is 0 Å². The molecule has 5 amide bonds. The summed E-state index contributed by atoms with van der Waals surface area (Å²) in [5.41, 5.74) is 1.27. The Morgan fingerprint density at radius 3 is 2.31 bits per heavy atom. The maximum absolute atomic E-state index is 13.1. The van der Waals surface area contributed by atoms with Crippen molar-refractivity contribution in [3.8, 4) is 0 Å². The maximum atomic E-state index is 13.1. The third-order valence-corrected chi connectivity index (χ3v) is 6.10. The van der Waals surface area contributed by atoms with Crippen molar-refractivity contribution < 1.29 is 24.0 Å². The smallest absolute Gasteiger partial charge is 0.262 e. The van der Waals surface area contributed by atoms with Gasteiger partial charge in [0.15, 0.2) is 0 Å². The lowest BCUT2D eigenvalue weighted by atomic mass is 9.89. The van der Waals surface area contributed by atoms with Crippen LogP contribution in [-0.4, -0.2) is 40.0 Å². The highest BCUT2D eigenvalue weighted by Crippen LogP contribution is 2.34. The zero-order valence-electron chi connectivity index (χ0n) is 17.9. The molecule has 4 rings (SSSR count). The predicted molar refractivity (Wildman–Crippen MR) is 115 cm³/mol. The fourth-order valence-corrected chi connectivity index (χ4v) is 4.03. The summed E-state index contributed by atoms with van der Waals surface area (Å²) in [5, 5.41) is 5.02. The molecule has 8 nitrogen and oxygen atoms in total. The first-order valence-corrected chi connectivity index (χ1v) is 10.5. The first-order valence-electron chi connectivity index (χ1n) is 10.5. The van der Waals surface area contributed by atoms with Gasteiger partial charge in [-0.05, 0) is 55.2 Å². The van der Waals surface area contributed by atoms with Crippen LogP contribution in [0.5, 0.6) is 0 Å². The van der Waals surface area contributed by atoms with Crippen molar-refractivity contribution in [1.82, 2.24) is 15.5 Å². The van der Waals surface area contributed by atoms with Gasteiger partial charge < -0.3 is 5.32 Å². The van der Waals surface area contributed by atoms with Gasteiger partial charge in [0.25, 0.3) is 23.6 Å². The number of piperidine rings is 1. The molecule has 2 N–H and O–H groups in total. The summed E-state index contributed by atoms with van der Waals surface area (Å²) < 4.78 is 0. The molecule has 32 heavy (non-hydrogen) atoms. The molecule has 164 valence electrons. The van der Waals surface area contributed by atoms with Gasteiger partial charge in [0.05, 0.1) is 11.1 Å². The van der Waals surface area contributed by atoms with E-state index >= 15 is 0 Å². The maximum Gasteiger partial charge on any atom is 0.262 e. The van der Waals surface area contributed by atoms with Gasteiger partial charge in [-0.1, -0.05) is 25.1 Å². The quantitative estimate of drug-likeness (QED) is 0.700. The van der Waals surface area contributed by atoms with Crippen molar-refractivity contribution in [3.05, 3.63) is 70.3 Å². The second kappa shape index (κ2) is 8.03. The first-order chi connectivity index (χ1) is 15.2. The predicted octanol–water partition coefficient (Wildman–Crippen LogP) is 1.97. The lowest BCUT2D eigenvalue weighted by Gasteiger charge is -2.38. The van der Waals surface area contributed by atoms with E-state index in [0.29, 0.717) is 11.1 Å². The monoisotopic (exact) mass is 433 g/mol. The van der Waals surface area contributed by atoms with Crippen LogP contribution < -0.4 is 10.6 Å². The number of hydrogen-bond donors (Lipinski definition) is 2. The standard InChI is InChI=1S/C24H23N3O5/c1-3-14-4-7-16(8-5-14)20(29)25-13-15-6-9-17-18(12-15)22(31)27(21(17)30)24(2)11-10-19(28)26-23(24)32/h4-9,12H,3,10-11,13H2,1-2H3,(H,25,29)(H,26,28,32)/t24-/m0/s1. The summed E-state index contributed by atoms with van der Waals surface area (Å²) in [6.45, 7) is 3.70. The van der Waals surface area contributed by atoms with E-state index in [-0.39, 0.29) is 36.4 Å². The third kappa shape index (κ3) is 3.57. The van der Waals surface area contributed by atoms with E-state index in [1.54, 1.807) is 24.3 Å². The Labute approximate surface area is 185 Å². The van der Waals surface area contributed by atoms with E-state index in [1.807, 2.05) is 19.1 Å². The van der Waals surface area contributed by atoms with E-state index < -0.39 is 29.2 Å². The van der Waals surface area contributed by atoms with Gasteiger partial charge in [-0.2, -0.15) is 0 Å². The number of fused-ring (bicyclic) bond motifs is 1. The molecule has 2 aliphatic heterocycles. The molecule has 2 aromatic rings. The number of benzene rings is 2. The Bertz CT molecular complexity index is 1150. The molecule has 0 aromatic heterocycles. The van der Waals surface area contributed by atoms with Crippen LogP contribution in [0.25, 0.3) is 0 Å². The molecule has 2 heterocycles. The van der Waals surface area contributed by atoms with Gasteiger partial charge in [0, 0.05) is 18.5 Å². The summed E-state index contributed by atoms with van der Waals surface area (Å²) in [6.07, 6.45) is 1.01. The van der Waals surface area contributed by atoms with Crippen molar-refractivity contribution in [3.63, 3.8) is 0 Å². The van der Waals surface area contributed by atoms with Gasteiger partial charge in [0.1, 0.15) is 5.54 Å². The van der Waals surface area contributed by atoms with E-state index in [4.69, 9.17) is 0 Å². The van der Waals surface area contributed by atoms with Crippen LogP contribution in [0.4, 0.5) is 0 Å². The lowest BCUT2D eigenvalue weighted by Crippen LogP contribution is -2.62. The van der Waals surface area contributed by atoms with Crippen LogP contribution in [0, 0.1) is 0 Å². The van der Waals surface area contributed by atoms with Crippen LogP contribution in [-0.2, 0) is 22.6 Å². The molecule has 2 aliphatic rings. The van der Waals surface area contributed by atoms with E-state index in [0.717, 1.165) is 16.9 Å². The fourth-order valence-electron chi connectivity index (χ4n) is 4.03. The van der Waals surface area contributed by atoms with Gasteiger partial charge >= 0.3 is 0 Å². The zero-order valence-corrected chi connectivity index (χ0v) is 17.9.